The molecule has 0 saturated carbocycles. The monoisotopic (exact) mass is 493 g/mol. The molecule has 0 aliphatic carbocycles. The molecule has 1 saturated heterocycles. The summed E-state index contributed by atoms with van der Waals surface area (Å²) in [5.41, 5.74) is 5.87. The average Bonchev–Trinajstić information content (AvgIpc) is 2.85. The van der Waals surface area contributed by atoms with Gasteiger partial charge in [-0.25, -0.2) is 0 Å². The Bertz CT molecular complexity index is 1240. The van der Waals surface area contributed by atoms with Crippen LogP contribution >= 0.6 is 24.8 Å². The van der Waals surface area contributed by atoms with Crippen LogP contribution in [0.2, 0.25) is 0 Å². The number of fused-ring (bicyclic) bond motifs is 1. The SMILES string of the molecule is Cl.Cl.O=C(Nc1cnc2ccccc2c1)c1ccc(-c2ccccc2)c(CN2CCCCC2)c1. The number of hydrogen-bond donors (Lipinski definition) is 1. The maximum Gasteiger partial charge on any atom is 0.255 e. The van der Waals surface area contributed by atoms with Crippen molar-refractivity contribution in [2.24, 2.45) is 0 Å². The van der Waals surface area contributed by atoms with E-state index in [-0.39, 0.29) is 30.7 Å². The van der Waals surface area contributed by atoms with Crippen LogP contribution < -0.4 is 5.32 Å². The summed E-state index contributed by atoms with van der Waals surface area (Å²) < 4.78 is 0. The number of aromatic nitrogens is 1. The van der Waals surface area contributed by atoms with Gasteiger partial charge >= 0.3 is 0 Å². The number of nitrogens with one attached hydrogen (secondary N) is 1. The number of para-hydroxylation sites is 1. The van der Waals surface area contributed by atoms with Crippen molar-refractivity contribution in [3.05, 3.63) is 96.2 Å². The van der Waals surface area contributed by atoms with Gasteiger partial charge in [-0.2, -0.15) is 0 Å². The van der Waals surface area contributed by atoms with Gasteiger partial charge in [0.25, 0.3) is 5.91 Å². The van der Waals surface area contributed by atoms with E-state index in [2.05, 4.69) is 51.6 Å². The molecule has 1 amide bonds. The number of likely N-dealkylation sites (tertiary alicyclic amines) is 1. The van der Waals surface area contributed by atoms with Crippen LogP contribution in [0.4, 0.5) is 5.69 Å². The number of piperidine rings is 1. The van der Waals surface area contributed by atoms with E-state index in [1.165, 1.54) is 36.0 Å². The van der Waals surface area contributed by atoms with E-state index in [1.54, 1.807) is 6.20 Å². The smallest absolute Gasteiger partial charge is 0.255 e. The van der Waals surface area contributed by atoms with E-state index in [0.29, 0.717) is 11.3 Å². The Morgan fingerprint density at radius 2 is 1.59 bits per heavy atom. The molecule has 1 aliphatic rings. The summed E-state index contributed by atoms with van der Waals surface area (Å²) in [5, 5.41) is 4.04. The third-order valence-corrected chi connectivity index (χ3v) is 6.14. The molecule has 5 rings (SSSR count). The summed E-state index contributed by atoms with van der Waals surface area (Å²) in [6, 6.07) is 26.4. The van der Waals surface area contributed by atoms with Gasteiger partial charge in [-0.3, -0.25) is 14.7 Å². The molecule has 0 unspecified atom stereocenters. The maximum atomic E-state index is 13.1. The average molecular weight is 494 g/mol. The first-order chi connectivity index (χ1) is 15.8. The van der Waals surface area contributed by atoms with Crippen molar-refractivity contribution in [1.29, 1.82) is 0 Å². The quantitative estimate of drug-likeness (QED) is 0.326. The predicted molar refractivity (Wildman–Crippen MR) is 145 cm³/mol. The molecule has 3 aromatic carbocycles. The zero-order valence-corrected chi connectivity index (χ0v) is 20.6. The molecular formula is C28H29Cl2N3O. The Morgan fingerprint density at radius 1 is 0.853 bits per heavy atom. The molecule has 1 aromatic heterocycles. The fourth-order valence-corrected chi connectivity index (χ4v) is 4.47. The van der Waals surface area contributed by atoms with Crippen molar-refractivity contribution in [2.75, 3.05) is 18.4 Å². The number of rotatable bonds is 5. The molecule has 0 atom stereocenters. The molecule has 0 spiro atoms. The Hall–Kier alpha value is -2.92. The maximum absolute atomic E-state index is 13.1. The van der Waals surface area contributed by atoms with Crippen molar-refractivity contribution in [1.82, 2.24) is 9.88 Å². The number of benzene rings is 3. The molecule has 34 heavy (non-hydrogen) atoms. The van der Waals surface area contributed by atoms with Crippen LogP contribution in [0.5, 0.6) is 0 Å². The van der Waals surface area contributed by atoms with Crippen LogP contribution in [-0.4, -0.2) is 28.9 Å². The lowest BCUT2D eigenvalue weighted by molar-refractivity contribution is 0.102. The van der Waals surface area contributed by atoms with Gasteiger partial charge in [-0.05, 0) is 66.9 Å². The van der Waals surface area contributed by atoms with E-state index in [1.807, 2.05) is 42.5 Å². The van der Waals surface area contributed by atoms with E-state index < -0.39 is 0 Å². The normalized spacial score (nSPS) is 13.5. The summed E-state index contributed by atoms with van der Waals surface area (Å²) in [5.74, 6) is -0.110. The number of amides is 1. The first-order valence-corrected chi connectivity index (χ1v) is 11.3. The van der Waals surface area contributed by atoms with Gasteiger partial charge in [-0.15, -0.1) is 24.8 Å². The zero-order valence-electron chi connectivity index (χ0n) is 18.9. The molecule has 6 heteroatoms. The lowest BCUT2D eigenvalue weighted by Gasteiger charge is -2.27. The first kappa shape index (κ1) is 25.7. The van der Waals surface area contributed by atoms with E-state index in [4.69, 9.17) is 0 Å². The summed E-state index contributed by atoms with van der Waals surface area (Å²) in [4.78, 5) is 20.0. The number of anilines is 1. The third kappa shape index (κ3) is 5.95. The van der Waals surface area contributed by atoms with Crippen LogP contribution in [0.15, 0.2) is 85.1 Å². The number of carbonyl (C=O) groups excluding carboxylic acids is 1. The van der Waals surface area contributed by atoms with Crippen molar-refractivity contribution < 1.29 is 4.79 Å². The number of hydrogen-bond acceptors (Lipinski definition) is 3. The van der Waals surface area contributed by atoms with E-state index in [0.717, 1.165) is 30.5 Å². The molecule has 1 aliphatic heterocycles. The highest BCUT2D eigenvalue weighted by molar-refractivity contribution is 6.05. The van der Waals surface area contributed by atoms with E-state index in [9.17, 15) is 4.79 Å². The number of nitrogens with zero attached hydrogens (tertiary/aromatic N) is 2. The standard InChI is InChI=1S/C28H27N3O.2ClH/c32-28(30-25-18-22-11-5-6-12-27(22)29-19-25)23-13-14-26(21-9-3-1-4-10-21)24(17-23)20-31-15-7-2-8-16-31;;/h1,3-6,9-14,17-19H,2,7-8,15-16,20H2,(H,30,32);2*1H. The third-order valence-electron chi connectivity index (χ3n) is 6.14. The van der Waals surface area contributed by atoms with Crippen molar-refractivity contribution in [3.63, 3.8) is 0 Å². The number of halogens is 2. The van der Waals surface area contributed by atoms with Gasteiger partial charge in [0.05, 0.1) is 17.4 Å². The second kappa shape index (κ2) is 12.0. The Morgan fingerprint density at radius 3 is 2.38 bits per heavy atom. The van der Waals surface area contributed by atoms with Crippen LogP contribution in [0.3, 0.4) is 0 Å². The Labute approximate surface area is 213 Å². The lowest BCUT2D eigenvalue weighted by atomic mass is 9.96. The van der Waals surface area contributed by atoms with Crippen molar-refractivity contribution in [3.8, 4) is 11.1 Å². The molecule has 4 aromatic rings. The molecule has 0 radical (unpaired) electrons. The summed E-state index contributed by atoms with van der Waals surface area (Å²) >= 11 is 0. The molecule has 4 nitrogen and oxygen atoms in total. The Kier molecular flexibility index (Phi) is 9.05. The molecule has 1 fully saturated rings. The van der Waals surface area contributed by atoms with Crippen LogP contribution in [0.1, 0.15) is 35.2 Å². The second-order valence-electron chi connectivity index (χ2n) is 8.45. The first-order valence-electron chi connectivity index (χ1n) is 11.3. The van der Waals surface area contributed by atoms with Crippen molar-refractivity contribution in [2.45, 2.75) is 25.8 Å². The van der Waals surface area contributed by atoms with Gasteiger partial charge in [0.15, 0.2) is 0 Å². The number of carbonyl (C=O) groups is 1. The second-order valence-corrected chi connectivity index (χ2v) is 8.45. The van der Waals surface area contributed by atoms with Crippen LogP contribution in [-0.2, 0) is 6.54 Å². The zero-order chi connectivity index (χ0) is 21.8. The molecule has 0 bridgehead atoms. The molecular weight excluding hydrogens is 465 g/mol. The highest BCUT2D eigenvalue weighted by Gasteiger charge is 2.16. The summed E-state index contributed by atoms with van der Waals surface area (Å²) in [6.45, 7) is 3.10. The van der Waals surface area contributed by atoms with Gasteiger partial charge in [0, 0.05) is 17.5 Å². The fraction of sp³-hybridized carbons (Fsp3) is 0.214. The van der Waals surface area contributed by atoms with Crippen LogP contribution in [0.25, 0.3) is 22.0 Å². The van der Waals surface area contributed by atoms with Gasteiger partial charge in [0.2, 0.25) is 0 Å². The van der Waals surface area contributed by atoms with Gasteiger partial charge in [0.1, 0.15) is 0 Å². The van der Waals surface area contributed by atoms with Crippen LogP contribution in [0, 0.1) is 0 Å². The minimum absolute atomic E-state index is 0. The topological polar surface area (TPSA) is 45.2 Å². The predicted octanol–water partition coefficient (Wildman–Crippen LogP) is 6.98. The van der Waals surface area contributed by atoms with Gasteiger partial charge < -0.3 is 5.32 Å². The summed E-state index contributed by atoms with van der Waals surface area (Å²) in [7, 11) is 0. The fourth-order valence-electron chi connectivity index (χ4n) is 4.47. The largest absolute Gasteiger partial charge is 0.321 e. The molecule has 176 valence electrons. The highest BCUT2D eigenvalue weighted by atomic mass is 35.5. The molecule has 2 heterocycles. The molecule has 1 N–H and O–H groups in total. The summed E-state index contributed by atoms with van der Waals surface area (Å²) in [6.07, 6.45) is 5.52. The minimum atomic E-state index is -0.110. The Balaban J connectivity index is 0.00000162. The number of pyridine rings is 1. The van der Waals surface area contributed by atoms with Crippen molar-refractivity contribution >= 4 is 47.3 Å². The van der Waals surface area contributed by atoms with E-state index >= 15 is 0 Å². The lowest BCUT2D eigenvalue weighted by Crippen LogP contribution is -2.29. The van der Waals surface area contributed by atoms with Gasteiger partial charge in [-0.1, -0.05) is 61.0 Å². The minimum Gasteiger partial charge on any atom is -0.321 e. The highest BCUT2D eigenvalue weighted by Crippen LogP contribution is 2.27.